The fraction of sp³-hybridized carbons (Fsp3) is 0.417. The Kier molecular flexibility index (Phi) is 3.61. The van der Waals surface area contributed by atoms with E-state index in [4.69, 9.17) is 15.2 Å². The topological polar surface area (TPSA) is 81.8 Å². The average Bonchev–Trinajstić information content (AvgIpc) is 2.62. The molecule has 0 aliphatic carbocycles. The van der Waals surface area contributed by atoms with Crippen LogP contribution in [0.25, 0.3) is 0 Å². The second-order valence-corrected chi connectivity index (χ2v) is 3.82. The highest BCUT2D eigenvalue weighted by Gasteiger charge is 2.22. The van der Waals surface area contributed by atoms with Crippen molar-refractivity contribution in [3.63, 3.8) is 0 Å². The smallest absolute Gasteiger partial charge is 0.172 e. The van der Waals surface area contributed by atoms with E-state index in [1.165, 1.54) is 0 Å². The number of fused-ring (bicyclic) bond motifs is 1. The summed E-state index contributed by atoms with van der Waals surface area (Å²) in [6, 6.07) is 3.25. The Morgan fingerprint density at radius 1 is 1.35 bits per heavy atom. The minimum absolute atomic E-state index is 0.0935. The molecule has 0 fully saturated rings. The van der Waals surface area contributed by atoms with Crippen molar-refractivity contribution < 1.29 is 19.4 Å². The van der Waals surface area contributed by atoms with E-state index < -0.39 is 6.10 Å². The van der Waals surface area contributed by atoms with E-state index in [0.717, 1.165) is 6.42 Å². The van der Waals surface area contributed by atoms with Gasteiger partial charge in [-0.25, -0.2) is 0 Å². The molecular weight excluding hydrogens is 222 g/mol. The van der Waals surface area contributed by atoms with Crippen molar-refractivity contribution in [1.29, 1.82) is 0 Å². The molecule has 1 atom stereocenters. The standard InChI is InChI=1S/C12H15NO4/c13-6-10(15)9-3-2-8(7-14)11-12(9)17-5-1-4-16-11/h2-3,7,10,15H,1,4-6,13H2. The number of nitrogens with two attached hydrogens (primary N) is 1. The second kappa shape index (κ2) is 5.16. The third-order valence-electron chi connectivity index (χ3n) is 2.66. The Labute approximate surface area is 99.1 Å². The lowest BCUT2D eigenvalue weighted by Gasteiger charge is -2.17. The lowest BCUT2D eigenvalue weighted by molar-refractivity contribution is 0.111. The molecule has 0 aromatic heterocycles. The van der Waals surface area contributed by atoms with E-state index in [1.807, 2.05) is 0 Å². The van der Waals surface area contributed by atoms with Gasteiger partial charge in [-0.15, -0.1) is 0 Å². The fourth-order valence-electron chi connectivity index (χ4n) is 1.78. The van der Waals surface area contributed by atoms with Gasteiger partial charge >= 0.3 is 0 Å². The van der Waals surface area contributed by atoms with Crippen LogP contribution in [0.1, 0.15) is 28.4 Å². The quantitative estimate of drug-likeness (QED) is 0.754. The maximum absolute atomic E-state index is 10.9. The minimum Gasteiger partial charge on any atom is -0.489 e. The first-order valence-electron chi connectivity index (χ1n) is 5.53. The molecule has 1 aromatic rings. The van der Waals surface area contributed by atoms with Crippen LogP contribution in [-0.2, 0) is 0 Å². The van der Waals surface area contributed by atoms with E-state index >= 15 is 0 Å². The van der Waals surface area contributed by atoms with Crippen LogP contribution in [0.3, 0.4) is 0 Å². The van der Waals surface area contributed by atoms with Gasteiger partial charge in [0, 0.05) is 18.5 Å². The van der Waals surface area contributed by atoms with Gasteiger partial charge in [-0.1, -0.05) is 6.07 Å². The Morgan fingerprint density at radius 3 is 2.71 bits per heavy atom. The first kappa shape index (κ1) is 11.9. The van der Waals surface area contributed by atoms with Crippen LogP contribution in [0.5, 0.6) is 11.5 Å². The van der Waals surface area contributed by atoms with Gasteiger partial charge in [0.15, 0.2) is 17.8 Å². The SMILES string of the molecule is NCC(O)c1ccc(C=O)c2c1OCCCO2. The van der Waals surface area contributed by atoms with Crippen LogP contribution in [-0.4, -0.2) is 31.2 Å². The van der Waals surface area contributed by atoms with Gasteiger partial charge in [0.2, 0.25) is 0 Å². The molecule has 5 heteroatoms. The number of benzene rings is 1. The number of aliphatic hydroxyl groups is 1. The lowest BCUT2D eigenvalue weighted by Crippen LogP contribution is -2.13. The number of carbonyl (C=O) groups is 1. The summed E-state index contributed by atoms with van der Waals surface area (Å²) in [6.07, 6.45) is 0.642. The van der Waals surface area contributed by atoms with Crippen LogP contribution < -0.4 is 15.2 Å². The maximum atomic E-state index is 10.9. The molecule has 0 saturated carbocycles. The van der Waals surface area contributed by atoms with E-state index in [2.05, 4.69) is 0 Å². The zero-order valence-corrected chi connectivity index (χ0v) is 9.39. The first-order valence-corrected chi connectivity index (χ1v) is 5.53. The molecule has 92 valence electrons. The molecule has 2 rings (SSSR count). The molecule has 3 N–H and O–H groups in total. The van der Waals surface area contributed by atoms with Crippen LogP contribution in [0.15, 0.2) is 12.1 Å². The second-order valence-electron chi connectivity index (χ2n) is 3.82. The zero-order chi connectivity index (χ0) is 12.3. The first-order chi connectivity index (χ1) is 8.27. The Morgan fingerprint density at radius 2 is 2.06 bits per heavy atom. The molecule has 1 aromatic carbocycles. The van der Waals surface area contributed by atoms with E-state index in [9.17, 15) is 9.90 Å². The predicted molar refractivity (Wildman–Crippen MR) is 61.5 cm³/mol. The van der Waals surface area contributed by atoms with Crippen molar-refractivity contribution in [1.82, 2.24) is 0 Å². The van der Waals surface area contributed by atoms with Crippen molar-refractivity contribution >= 4 is 6.29 Å². The van der Waals surface area contributed by atoms with E-state index in [1.54, 1.807) is 12.1 Å². The Bertz CT molecular complexity index is 419. The van der Waals surface area contributed by atoms with Crippen LogP contribution in [0.4, 0.5) is 0 Å². The number of aldehydes is 1. The van der Waals surface area contributed by atoms with Crippen LogP contribution in [0.2, 0.25) is 0 Å². The van der Waals surface area contributed by atoms with Gasteiger partial charge in [0.1, 0.15) is 0 Å². The number of carbonyl (C=O) groups excluding carboxylic acids is 1. The van der Waals surface area contributed by atoms with Crippen LogP contribution in [0, 0.1) is 0 Å². The molecule has 0 saturated heterocycles. The molecule has 1 heterocycles. The fourth-order valence-corrected chi connectivity index (χ4v) is 1.78. The summed E-state index contributed by atoms with van der Waals surface area (Å²) in [5.41, 5.74) is 6.42. The van der Waals surface area contributed by atoms with E-state index in [0.29, 0.717) is 42.1 Å². The Balaban J connectivity index is 2.52. The molecule has 0 spiro atoms. The number of hydrogen-bond acceptors (Lipinski definition) is 5. The summed E-state index contributed by atoms with van der Waals surface area (Å²) in [5.74, 6) is 0.840. The number of aliphatic hydroxyl groups excluding tert-OH is 1. The normalized spacial score (nSPS) is 16.1. The molecule has 0 bridgehead atoms. The van der Waals surface area contributed by atoms with Gasteiger partial charge in [-0.3, -0.25) is 4.79 Å². The van der Waals surface area contributed by atoms with Gasteiger partial charge < -0.3 is 20.3 Å². The third kappa shape index (κ3) is 2.25. The molecular formula is C12H15NO4. The number of rotatable bonds is 3. The molecule has 17 heavy (non-hydrogen) atoms. The Hall–Kier alpha value is -1.59. The van der Waals surface area contributed by atoms with Gasteiger partial charge in [0.25, 0.3) is 0 Å². The predicted octanol–water partition coefficient (Wildman–Crippen LogP) is 0.652. The van der Waals surface area contributed by atoms with Crippen molar-refractivity contribution in [2.45, 2.75) is 12.5 Å². The van der Waals surface area contributed by atoms with Gasteiger partial charge in [0.05, 0.1) is 24.9 Å². The summed E-state index contributed by atoms with van der Waals surface area (Å²) in [5, 5.41) is 9.79. The summed E-state index contributed by atoms with van der Waals surface area (Å²) < 4.78 is 11.0. The molecule has 1 unspecified atom stereocenters. The van der Waals surface area contributed by atoms with Crippen molar-refractivity contribution in [3.8, 4) is 11.5 Å². The molecule has 1 aliphatic heterocycles. The van der Waals surface area contributed by atoms with Gasteiger partial charge in [-0.2, -0.15) is 0 Å². The minimum atomic E-state index is -0.814. The summed E-state index contributed by atoms with van der Waals surface area (Å²) in [6.45, 7) is 1.09. The van der Waals surface area contributed by atoms with Crippen LogP contribution >= 0.6 is 0 Å². The maximum Gasteiger partial charge on any atom is 0.172 e. The van der Waals surface area contributed by atoms with Crippen molar-refractivity contribution in [3.05, 3.63) is 23.3 Å². The average molecular weight is 237 g/mol. The zero-order valence-electron chi connectivity index (χ0n) is 9.39. The summed E-state index contributed by atoms with van der Waals surface area (Å²) in [4.78, 5) is 10.9. The van der Waals surface area contributed by atoms with Gasteiger partial charge in [-0.05, 0) is 6.07 Å². The molecule has 1 aliphatic rings. The monoisotopic (exact) mass is 237 g/mol. The molecule has 5 nitrogen and oxygen atoms in total. The van der Waals surface area contributed by atoms with Crippen molar-refractivity contribution in [2.75, 3.05) is 19.8 Å². The number of ether oxygens (including phenoxy) is 2. The lowest BCUT2D eigenvalue weighted by atomic mass is 10.0. The molecule has 0 radical (unpaired) electrons. The van der Waals surface area contributed by atoms with Crippen molar-refractivity contribution in [2.24, 2.45) is 5.73 Å². The molecule has 0 amide bonds. The number of hydrogen-bond donors (Lipinski definition) is 2. The largest absolute Gasteiger partial charge is 0.489 e. The highest BCUT2D eigenvalue weighted by Crippen LogP contribution is 2.38. The van der Waals surface area contributed by atoms with E-state index in [-0.39, 0.29) is 6.54 Å². The highest BCUT2D eigenvalue weighted by molar-refractivity contribution is 5.82. The third-order valence-corrected chi connectivity index (χ3v) is 2.66. The highest BCUT2D eigenvalue weighted by atomic mass is 16.5. The summed E-state index contributed by atoms with van der Waals surface area (Å²) >= 11 is 0. The summed E-state index contributed by atoms with van der Waals surface area (Å²) in [7, 11) is 0.